The first kappa shape index (κ1) is 27.0. The number of aromatic hydroxyl groups is 2. The summed E-state index contributed by atoms with van der Waals surface area (Å²) < 4.78 is 8.48. The fourth-order valence-corrected chi connectivity index (χ4v) is 6.08. The van der Waals surface area contributed by atoms with Crippen LogP contribution in [0, 0.1) is 0 Å². The van der Waals surface area contributed by atoms with E-state index in [0.29, 0.717) is 0 Å². The van der Waals surface area contributed by atoms with Crippen LogP contribution in [0.5, 0.6) is 17.2 Å². The molecule has 2 heterocycles. The fourth-order valence-electron chi connectivity index (χ4n) is 6.08. The van der Waals surface area contributed by atoms with E-state index in [4.69, 9.17) is 4.74 Å². The van der Waals surface area contributed by atoms with Crippen molar-refractivity contribution in [2.75, 3.05) is 26.2 Å². The van der Waals surface area contributed by atoms with Gasteiger partial charge in [0.1, 0.15) is 23.9 Å². The van der Waals surface area contributed by atoms with E-state index in [2.05, 4.69) is 58.9 Å². The minimum atomic E-state index is 0.264. The van der Waals surface area contributed by atoms with Gasteiger partial charge in [-0.05, 0) is 121 Å². The molecule has 4 aromatic carbocycles. The number of benzene rings is 4. The maximum absolute atomic E-state index is 9.98. The molecule has 0 atom stereocenters. The van der Waals surface area contributed by atoms with Gasteiger partial charge in [-0.1, -0.05) is 43.7 Å². The molecule has 0 radical (unpaired) electrons. The monoisotopic (exact) mass is 546 g/mol. The summed E-state index contributed by atoms with van der Waals surface area (Å²) in [7, 11) is 0. The highest BCUT2D eigenvalue weighted by Crippen LogP contribution is 2.38. The van der Waals surface area contributed by atoms with Gasteiger partial charge in [-0.25, -0.2) is 0 Å². The van der Waals surface area contributed by atoms with Crippen molar-refractivity contribution in [3.8, 4) is 39.6 Å². The summed E-state index contributed by atoms with van der Waals surface area (Å²) >= 11 is 0. The van der Waals surface area contributed by atoms with E-state index in [1.54, 1.807) is 24.3 Å². The predicted molar refractivity (Wildman–Crippen MR) is 167 cm³/mol. The summed E-state index contributed by atoms with van der Waals surface area (Å²) in [5, 5.41) is 21.0. The van der Waals surface area contributed by atoms with Crippen LogP contribution in [0.1, 0.15) is 37.3 Å². The number of nitrogens with zero attached hydrogens (tertiary/aromatic N) is 2. The zero-order valence-corrected chi connectivity index (χ0v) is 23.7. The number of aryl methyl sites for hydroxylation is 1. The molecule has 210 valence electrons. The van der Waals surface area contributed by atoms with Gasteiger partial charge in [0.25, 0.3) is 0 Å². The van der Waals surface area contributed by atoms with Gasteiger partial charge in [0.15, 0.2) is 0 Å². The molecule has 0 spiro atoms. The van der Waals surface area contributed by atoms with Crippen molar-refractivity contribution in [2.24, 2.45) is 0 Å². The predicted octanol–water partition coefficient (Wildman–Crippen LogP) is 7.86. The number of ether oxygens (including phenoxy) is 1. The van der Waals surface area contributed by atoms with E-state index in [1.165, 1.54) is 60.1 Å². The maximum atomic E-state index is 9.98. The summed E-state index contributed by atoms with van der Waals surface area (Å²) in [5.41, 5.74) is 8.11. The van der Waals surface area contributed by atoms with Crippen molar-refractivity contribution < 1.29 is 14.9 Å². The second-order valence-corrected chi connectivity index (χ2v) is 11.0. The Morgan fingerprint density at radius 3 is 2.00 bits per heavy atom. The lowest BCUT2D eigenvalue weighted by molar-refractivity contribution is 0.183. The van der Waals surface area contributed by atoms with Crippen LogP contribution >= 0.6 is 0 Å². The van der Waals surface area contributed by atoms with Crippen molar-refractivity contribution in [3.63, 3.8) is 0 Å². The van der Waals surface area contributed by atoms with Crippen LogP contribution in [0.3, 0.4) is 0 Å². The topological polar surface area (TPSA) is 57.9 Å². The van der Waals surface area contributed by atoms with E-state index in [1.807, 2.05) is 24.3 Å². The number of hydrogen-bond acceptors (Lipinski definition) is 4. The van der Waals surface area contributed by atoms with Crippen LogP contribution in [-0.2, 0) is 13.0 Å². The molecular weight excluding hydrogens is 508 g/mol. The van der Waals surface area contributed by atoms with Crippen molar-refractivity contribution in [2.45, 2.75) is 39.2 Å². The van der Waals surface area contributed by atoms with Crippen molar-refractivity contribution in [3.05, 3.63) is 102 Å². The number of piperidine rings is 1. The second kappa shape index (κ2) is 12.1. The van der Waals surface area contributed by atoms with E-state index in [9.17, 15) is 10.2 Å². The molecule has 1 fully saturated rings. The molecule has 0 aliphatic carbocycles. The van der Waals surface area contributed by atoms with E-state index >= 15 is 0 Å². The Morgan fingerprint density at radius 2 is 1.34 bits per heavy atom. The fraction of sp³-hybridized carbons (Fsp3) is 0.278. The third-order valence-electron chi connectivity index (χ3n) is 8.25. The van der Waals surface area contributed by atoms with E-state index in [0.717, 1.165) is 48.6 Å². The minimum absolute atomic E-state index is 0.264. The molecule has 6 rings (SSSR count). The number of rotatable bonds is 9. The van der Waals surface area contributed by atoms with Gasteiger partial charge in [-0.3, -0.25) is 4.90 Å². The zero-order chi connectivity index (χ0) is 28.2. The van der Waals surface area contributed by atoms with E-state index < -0.39 is 0 Å². The van der Waals surface area contributed by atoms with Crippen LogP contribution in [0.25, 0.3) is 33.3 Å². The standard InChI is InChI=1S/C36H38N2O3/c1-2-33-34-24-29(27-8-13-30(39)14-9-27)12-19-35(34)38(36(33)28-10-15-31(40)16-11-28)25-26-6-17-32(18-7-26)41-23-22-37-20-4-3-5-21-37/h6-19,24,39-40H,2-5,20-23,25H2,1H3. The highest BCUT2D eigenvalue weighted by Gasteiger charge is 2.19. The molecule has 5 aromatic rings. The Kier molecular flexibility index (Phi) is 7.97. The van der Waals surface area contributed by atoms with Gasteiger partial charge >= 0.3 is 0 Å². The van der Waals surface area contributed by atoms with Crippen LogP contribution in [0.15, 0.2) is 91.0 Å². The van der Waals surface area contributed by atoms with Crippen LogP contribution in [0.4, 0.5) is 0 Å². The van der Waals surface area contributed by atoms with Crippen LogP contribution in [0.2, 0.25) is 0 Å². The van der Waals surface area contributed by atoms with Crippen molar-refractivity contribution in [1.82, 2.24) is 9.47 Å². The Labute approximate surface area is 242 Å². The summed E-state index contributed by atoms with van der Waals surface area (Å²) in [6, 6.07) is 30.0. The average Bonchev–Trinajstić information content (AvgIpc) is 3.31. The first-order valence-corrected chi connectivity index (χ1v) is 14.8. The molecule has 41 heavy (non-hydrogen) atoms. The molecule has 1 saturated heterocycles. The van der Waals surface area contributed by atoms with Crippen molar-refractivity contribution >= 4 is 10.9 Å². The highest BCUT2D eigenvalue weighted by molar-refractivity contribution is 5.95. The van der Waals surface area contributed by atoms with Crippen LogP contribution in [-0.4, -0.2) is 45.9 Å². The lowest BCUT2D eigenvalue weighted by Crippen LogP contribution is -2.33. The van der Waals surface area contributed by atoms with Gasteiger partial charge < -0.3 is 19.5 Å². The average molecular weight is 547 g/mol. The summed E-state index contributed by atoms with van der Waals surface area (Å²) in [5.74, 6) is 1.44. The molecular formula is C36H38N2O3. The number of hydrogen-bond donors (Lipinski definition) is 2. The highest BCUT2D eigenvalue weighted by atomic mass is 16.5. The van der Waals surface area contributed by atoms with Gasteiger partial charge in [0, 0.05) is 24.0 Å². The zero-order valence-electron chi connectivity index (χ0n) is 23.7. The molecule has 0 bridgehead atoms. The molecule has 2 N–H and O–H groups in total. The normalized spacial score (nSPS) is 14.0. The first-order valence-electron chi connectivity index (χ1n) is 14.8. The van der Waals surface area contributed by atoms with Gasteiger partial charge in [0.05, 0.1) is 5.69 Å². The third kappa shape index (κ3) is 5.96. The third-order valence-corrected chi connectivity index (χ3v) is 8.25. The first-order chi connectivity index (χ1) is 20.1. The molecule has 0 saturated carbocycles. The van der Waals surface area contributed by atoms with Gasteiger partial charge in [-0.2, -0.15) is 0 Å². The molecule has 1 aliphatic heterocycles. The van der Waals surface area contributed by atoms with Gasteiger partial charge in [-0.15, -0.1) is 0 Å². The van der Waals surface area contributed by atoms with Gasteiger partial charge in [0.2, 0.25) is 0 Å². The smallest absolute Gasteiger partial charge is 0.119 e. The lowest BCUT2D eigenvalue weighted by atomic mass is 9.99. The summed E-state index contributed by atoms with van der Waals surface area (Å²) in [6.07, 6.45) is 4.82. The Bertz CT molecular complexity index is 1600. The largest absolute Gasteiger partial charge is 0.508 e. The summed E-state index contributed by atoms with van der Waals surface area (Å²) in [6.45, 7) is 7.00. The second-order valence-electron chi connectivity index (χ2n) is 11.0. The summed E-state index contributed by atoms with van der Waals surface area (Å²) in [4.78, 5) is 2.50. The number of likely N-dealkylation sites (tertiary alicyclic amines) is 1. The molecule has 1 aliphatic rings. The maximum Gasteiger partial charge on any atom is 0.119 e. The Hall–Kier alpha value is -4.22. The Morgan fingerprint density at radius 1 is 0.707 bits per heavy atom. The molecule has 5 nitrogen and oxygen atoms in total. The minimum Gasteiger partial charge on any atom is -0.508 e. The van der Waals surface area contributed by atoms with E-state index in [-0.39, 0.29) is 11.5 Å². The van der Waals surface area contributed by atoms with Crippen LogP contribution < -0.4 is 4.74 Å². The molecule has 0 unspecified atom stereocenters. The van der Waals surface area contributed by atoms with Crippen molar-refractivity contribution in [1.29, 1.82) is 0 Å². The molecule has 5 heteroatoms. The number of phenols is 2. The molecule has 0 amide bonds. The number of fused-ring (bicyclic) bond motifs is 1. The lowest BCUT2D eigenvalue weighted by Gasteiger charge is -2.26. The quantitative estimate of drug-likeness (QED) is 0.198. The number of phenolic OH excluding ortho intramolecular Hbond substituents is 2. The SMILES string of the molecule is CCc1c(-c2ccc(O)cc2)n(Cc2ccc(OCCN3CCCCC3)cc2)c2ccc(-c3ccc(O)cc3)cc12. The Balaban J connectivity index is 1.32. The molecule has 1 aromatic heterocycles. The number of aromatic nitrogens is 1.